The molecule has 1 fully saturated rings. The van der Waals surface area contributed by atoms with Crippen LogP contribution in [0.25, 0.3) is 0 Å². The number of anilines is 1. The third-order valence-corrected chi connectivity index (χ3v) is 6.12. The van der Waals surface area contributed by atoms with Crippen LogP contribution >= 0.6 is 27.5 Å². The van der Waals surface area contributed by atoms with Gasteiger partial charge in [0.2, 0.25) is 0 Å². The van der Waals surface area contributed by atoms with Gasteiger partial charge in [-0.05, 0) is 36.8 Å². The number of hydrogen-bond acceptors (Lipinski definition) is 6. The van der Waals surface area contributed by atoms with Gasteiger partial charge in [-0.15, -0.1) is 0 Å². The summed E-state index contributed by atoms with van der Waals surface area (Å²) in [6.07, 6.45) is 0. The Kier molecular flexibility index (Phi) is 5.76. The van der Waals surface area contributed by atoms with Crippen molar-refractivity contribution in [1.82, 2.24) is 5.32 Å². The molecule has 0 saturated carbocycles. The highest BCUT2D eigenvalue weighted by Gasteiger charge is 2.26. The van der Waals surface area contributed by atoms with Gasteiger partial charge in [-0.25, -0.2) is 8.42 Å². The summed E-state index contributed by atoms with van der Waals surface area (Å²) in [6, 6.07) is 5.16. The molecule has 28 heavy (non-hydrogen) atoms. The maximum absolute atomic E-state index is 12.7. The molecule has 2 aromatic rings. The van der Waals surface area contributed by atoms with E-state index in [2.05, 4.69) is 26.0 Å². The van der Waals surface area contributed by atoms with Gasteiger partial charge in [0.25, 0.3) is 15.9 Å². The monoisotopic (exact) mass is 490 g/mol. The van der Waals surface area contributed by atoms with Crippen LogP contribution in [0.1, 0.15) is 15.9 Å². The van der Waals surface area contributed by atoms with Gasteiger partial charge >= 0.3 is 0 Å². The Morgan fingerprint density at radius 2 is 1.89 bits per heavy atom. The Balaban J connectivity index is 1.97. The van der Waals surface area contributed by atoms with Gasteiger partial charge in [-0.1, -0.05) is 27.5 Å². The smallest absolute Gasteiger partial charge is 0.265 e. The van der Waals surface area contributed by atoms with Crippen LogP contribution in [0.4, 0.5) is 5.69 Å². The van der Waals surface area contributed by atoms with Crippen LogP contribution in [0, 0.1) is 6.92 Å². The largest absolute Gasteiger partial charge is 0.505 e. The lowest BCUT2D eigenvalue weighted by Gasteiger charge is -2.27. The normalized spacial score (nSPS) is 14.4. The average molecular weight is 492 g/mol. The van der Waals surface area contributed by atoms with Gasteiger partial charge in [0, 0.05) is 4.47 Å². The molecule has 1 heterocycles. The predicted octanol–water partition coefficient (Wildman–Crippen LogP) is 2.75. The summed E-state index contributed by atoms with van der Waals surface area (Å²) >= 11 is 8.95. The van der Waals surface area contributed by atoms with Gasteiger partial charge in [0.1, 0.15) is 4.90 Å². The van der Waals surface area contributed by atoms with Crippen molar-refractivity contribution in [2.75, 3.05) is 17.9 Å². The maximum atomic E-state index is 12.7. The van der Waals surface area contributed by atoms with E-state index in [1.807, 2.05) is 0 Å². The second kappa shape index (κ2) is 7.78. The summed E-state index contributed by atoms with van der Waals surface area (Å²) in [6.45, 7) is 2.40. The number of amides is 1. The molecule has 1 aliphatic rings. The fourth-order valence-corrected chi connectivity index (χ4v) is 4.78. The van der Waals surface area contributed by atoms with E-state index in [1.165, 1.54) is 24.3 Å². The number of carbonyl (C=O) groups excluding carboxylic acids is 1. The minimum absolute atomic E-state index is 0.0823. The molecular weight excluding hydrogens is 476 g/mol. The lowest BCUT2D eigenvalue weighted by atomic mass is 10.1. The Labute approximate surface area is 174 Å². The maximum Gasteiger partial charge on any atom is 0.265 e. The van der Waals surface area contributed by atoms with Gasteiger partial charge in [0.15, 0.2) is 11.5 Å². The average Bonchev–Trinajstić information content (AvgIpc) is 2.56. The number of nitrogens with one attached hydrogen (secondary N) is 2. The Morgan fingerprint density at radius 1 is 1.21 bits per heavy atom. The summed E-state index contributed by atoms with van der Waals surface area (Å²) < 4.78 is 33.0. The van der Waals surface area contributed by atoms with Crippen LogP contribution < -0.4 is 10.0 Å². The number of carbonyl (C=O) groups is 1. The van der Waals surface area contributed by atoms with E-state index in [4.69, 9.17) is 16.3 Å². The number of phenolic OH excluding ortho intramolecular Hbond substituents is 2. The molecule has 150 valence electrons. The number of aryl methyl sites for hydroxylation is 1. The molecule has 0 bridgehead atoms. The molecule has 8 nitrogen and oxygen atoms in total. The molecule has 0 aromatic heterocycles. The van der Waals surface area contributed by atoms with Gasteiger partial charge < -0.3 is 20.3 Å². The van der Waals surface area contributed by atoms with Crippen molar-refractivity contribution in [2.24, 2.45) is 0 Å². The van der Waals surface area contributed by atoms with Crippen molar-refractivity contribution >= 4 is 49.1 Å². The second-order valence-electron chi connectivity index (χ2n) is 6.26. The highest BCUT2D eigenvalue weighted by Crippen LogP contribution is 2.37. The molecule has 0 radical (unpaired) electrons. The molecule has 3 rings (SSSR count). The van der Waals surface area contributed by atoms with Crippen LogP contribution in [-0.2, 0) is 14.8 Å². The molecule has 4 N–H and O–H groups in total. The molecule has 2 aromatic carbocycles. The van der Waals surface area contributed by atoms with E-state index < -0.39 is 32.3 Å². The van der Waals surface area contributed by atoms with Crippen molar-refractivity contribution in [3.63, 3.8) is 0 Å². The number of sulfonamides is 1. The zero-order chi connectivity index (χ0) is 20.6. The lowest BCUT2D eigenvalue weighted by molar-refractivity contribution is -0.00350. The summed E-state index contributed by atoms with van der Waals surface area (Å²) in [4.78, 5) is 11.9. The molecular formula is C17H16BrClN2O6S. The molecule has 0 atom stereocenters. The third kappa shape index (κ3) is 4.19. The van der Waals surface area contributed by atoms with Crippen LogP contribution in [-0.4, -0.2) is 43.8 Å². The molecule has 1 amide bonds. The van der Waals surface area contributed by atoms with E-state index in [0.717, 1.165) is 0 Å². The summed E-state index contributed by atoms with van der Waals surface area (Å²) in [5.41, 5.74) is 0.258. The van der Waals surface area contributed by atoms with Crippen molar-refractivity contribution in [1.29, 1.82) is 0 Å². The Bertz CT molecular complexity index is 1060. The SMILES string of the molecule is Cc1cc(NS(=O)(=O)c2cc(Br)cc(Cl)c2O)c(O)c(C(=O)NC2COC2)c1. The molecule has 1 aliphatic heterocycles. The fraction of sp³-hybridized carbons (Fsp3) is 0.235. The number of halogens is 2. The standard InChI is InChI=1S/C17H16BrClN2O6S/c1-8-2-11(17(24)20-10-6-27-7-10)15(22)13(3-8)21-28(25,26)14-5-9(18)4-12(19)16(14)23/h2-5,10,21-23H,6-7H2,1H3,(H,20,24). The highest BCUT2D eigenvalue weighted by molar-refractivity contribution is 9.10. The first-order chi connectivity index (χ1) is 13.1. The molecule has 0 unspecified atom stereocenters. The van der Waals surface area contributed by atoms with Crippen molar-refractivity contribution in [3.8, 4) is 11.5 Å². The topological polar surface area (TPSA) is 125 Å². The first-order valence-corrected chi connectivity index (χ1v) is 10.7. The first-order valence-electron chi connectivity index (χ1n) is 8.01. The van der Waals surface area contributed by atoms with Gasteiger partial charge in [0.05, 0.1) is 35.5 Å². The Hall–Kier alpha value is -2.01. The van der Waals surface area contributed by atoms with E-state index in [1.54, 1.807) is 6.92 Å². The minimum atomic E-state index is -4.31. The zero-order valence-corrected chi connectivity index (χ0v) is 17.7. The van der Waals surface area contributed by atoms with Crippen LogP contribution in [0.2, 0.25) is 5.02 Å². The fourth-order valence-electron chi connectivity index (χ4n) is 2.56. The number of benzene rings is 2. The van der Waals surface area contributed by atoms with Crippen molar-refractivity contribution in [3.05, 3.63) is 44.9 Å². The quantitative estimate of drug-likeness (QED) is 0.477. The van der Waals surface area contributed by atoms with Crippen molar-refractivity contribution in [2.45, 2.75) is 17.9 Å². The van der Waals surface area contributed by atoms with Gasteiger partial charge in [-0.2, -0.15) is 0 Å². The minimum Gasteiger partial charge on any atom is -0.505 e. The number of phenols is 2. The summed E-state index contributed by atoms with van der Waals surface area (Å²) in [5.74, 6) is -1.72. The summed E-state index contributed by atoms with van der Waals surface area (Å²) in [7, 11) is -4.31. The number of rotatable bonds is 5. The zero-order valence-electron chi connectivity index (χ0n) is 14.5. The van der Waals surface area contributed by atoms with Crippen molar-refractivity contribution < 1.29 is 28.2 Å². The van der Waals surface area contributed by atoms with Gasteiger partial charge in [-0.3, -0.25) is 9.52 Å². The van der Waals surface area contributed by atoms with E-state index in [0.29, 0.717) is 23.2 Å². The molecule has 1 saturated heterocycles. The van der Waals surface area contributed by atoms with Crippen LogP contribution in [0.3, 0.4) is 0 Å². The molecule has 11 heteroatoms. The third-order valence-electron chi connectivity index (χ3n) is 4.00. The molecule has 0 spiro atoms. The highest BCUT2D eigenvalue weighted by atomic mass is 79.9. The second-order valence-corrected chi connectivity index (χ2v) is 9.23. The number of aromatic hydroxyl groups is 2. The van der Waals surface area contributed by atoms with E-state index in [-0.39, 0.29) is 22.3 Å². The predicted molar refractivity (Wildman–Crippen MR) is 107 cm³/mol. The molecule has 0 aliphatic carbocycles. The first kappa shape index (κ1) is 20.7. The number of hydrogen-bond donors (Lipinski definition) is 4. The Morgan fingerprint density at radius 3 is 2.50 bits per heavy atom. The lowest BCUT2D eigenvalue weighted by Crippen LogP contribution is -2.48. The van der Waals surface area contributed by atoms with E-state index >= 15 is 0 Å². The van der Waals surface area contributed by atoms with E-state index in [9.17, 15) is 23.4 Å². The summed E-state index contributed by atoms with van der Waals surface area (Å²) in [5, 5.41) is 23.0. The number of ether oxygens (including phenoxy) is 1. The van der Waals surface area contributed by atoms with Crippen LogP contribution in [0.15, 0.2) is 33.6 Å². The van der Waals surface area contributed by atoms with Crippen LogP contribution in [0.5, 0.6) is 11.5 Å².